The van der Waals surface area contributed by atoms with Gasteiger partial charge in [0.05, 0.1) is 7.11 Å². The summed E-state index contributed by atoms with van der Waals surface area (Å²) in [7, 11) is 1.59. The smallest absolute Gasteiger partial charge is 0.287 e. The van der Waals surface area contributed by atoms with Gasteiger partial charge in [-0.1, -0.05) is 50.2 Å². The predicted octanol–water partition coefficient (Wildman–Crippen LogP) is 4.93. The highest BCUT2D eigenvalue weighted by molar-refractivity contribution is 5.97. The molecule has 4 heteroatoms. The number of fused-ring (bicyclic) bond motifs is 1. The number of carbonyl (C=O) groups excluding carboxylic acids is 1. The van der Waals surface area contributed by atoms with Gasteiger partial charge in [0.1, 0.15) is 0 Å². The number of benzene rings is 2. The minimum Gasteiger partial charge on any atom is -0.493 e. The topological polar surface area (TPSA) is 51.5 Å². The number of aryl methyl sites for hydroxylation is 1. The molecule has 1 heterocycles. The zero-order valence-electron chi connectivity index (χ0n) is 15.5. The van der Waals surface area contributed by atoms with Gasteiger partial charge in [0.2, 0.25) is 0 Å². The highest BCUT2D eigenvalue weighted by atomic mass is 16.5. The van der Waals surface area contributed by atoms with Crippen LogP contribution in [-0.4, -0.2) is 19.6 Å². The van der Waals surface area contributed by atoms with Crippen LogP contribution in [0.1, 0.15) is 47.9 Å². The number of methoxy groups -OCH3 is 1. The van der Waals surface area contributed by atoms with Gasteiger partial charge in [-0.05, 0) is 42.0 Å². The normalized spacial score (nSPS) is 11.1. The Hall–Kier alpha value is -2.75. The third kappa shape index (κ3) is 4.07. The van der Waals surface area contributed by atoms with Crippen molar-refractivity contribution in [3.63, 3.8) is 0 Å². The quantitative estimate of drug-likeness (QED) is 0.614. The maximum Gasteiger partial charge on any atom is 0.287 e. The number of amides is 1. The van der Waals surface area contributed by atoms with Crippen LogP contribution in [0.25, 0.3) is 11.0 Å². The second-order valence-electron chi connectivity index (χ2n) is 6.75. The number of ether oxygens (including phenoxy) is 1. The van der Waals surface area contributed by atoms with Crippen LogP contribution in [-0.2, 0) is 6.42 Å². The van der Waals surface area contributed by atoms with Gasteiger partial charge in [0, 0.05) is 11.9 Å². The molecule has 3 aromatic rings. The molecule has 0 fully saturated rings. The van der Waals surface area contributed by atoms with E-state index in [9.17, 15) is 4.79 Å². The van der Waals surface area contributed by atoms with E-state index in [-0.39, 0.29) is 5.91 Å². The molecule has 26 heavy (non-hydrogen) atoms. The van der Waals surface area contributed by atoms with Gasteiger partial charge in [-0.25, -0.2) is 0 Å². The fourth-order valence-electron chi connectivity index (χ4n) is 2.96. The standard InChI is InChI=1S/C22H25NO3/c1-15(2)17-11-9-16(10-12-17)6-5-13-23-22(24)20-14-18-7-4-8-19(25-3)21(18)26-20/h4,7-12,14-15H,5-6,13H2,1-3H3,(H,23,24). The Kier molecular flexibility index (Phi) is 5.61. The SMILES string of the molecule is COc1cccc2cc(C(=O)NCCCc3ccc(C(C)C)cc3)oc12. The van der Waals surface area contributed by atoms with Gasteiger partial charge in [0.25, 0.3) is 5.91 Å². The molecule has 0 spiro atoms. The van der Waals surface area contributed by atoms with Gasteiger partial charge in [-0.3, -0.25) is 4.79 Å². The fraction of sp³-hybridized carbons (Fsp3) is 0.318. The lowest BCUT2D eigenvalue weighted by molar-refractivity contribution is 0.0927. The second kappa shape index (κ2) is 8.09. The van der Waals surface area contributed by atoms with E-state index in [4.69, 9.17) is 9.15 Å². The molecule has 0 aliphatic heterocycles. The maximum absolute atomic E-state index is 12.3. The number of nitrogens with one attached hydrogen (secondary N) is 1. The van der Waals surface area contributed by atoms with Crippen LogP contribution in [0.15, 0.2) is 52.9 Å². The van der Waals surface area contributed by atoms with E-state index in [1.54, 1.807) is 13.2 Å². The molecule has 1 N–H and O–H groups in total. The van der Waals surface area contributed by atoms with E-state index < -0.39 is 0 Å². The van der Waals surface area contributed by atoms with Crippen molar-refractivity contribution in [1.29, 1.82) is 0 Å². The van der Waals surface area contributed by atoms with Gasteiger partial charge < -0.3 is 14.5 Å². The summed E-state index contributed by atoms with van der Waals surface area (Å²) >= 11 is 0. The lowest BCUT2D eigenvalue weighted by atomic mass is 10.0. The summed E-state index contributed by atoms with van der Waals surface area (Å²) < 4.78 is 10.9. The van der Waals surface area contributed by atoms with E-state index in [0.29, 0.717) is 29.6 Å². The maximum atomic E-state index is 12.3. The molecule has 3 rings (SSSR count). The van der Waals surface area contributed by atoms with Crippen LogP contribution in [0.3, 0.4) is 0 Å². The van der Waals surface area contributed by atoms with Crippen molar-refractivity contribution in [2.24, 2.45) is 0 Å². The van der Waals surface area contributed by atoms with Crippen LogP contribution in [0, 0.1) is 0 Å². The first-order chi connectivity index (χ1) is 12.6. The molecule has 0 radical (unpaired) electrons. The number of hydrogen-bond donors (Lipinski definition) is 1. The molecule has 0 atom stereocenters. The molecular formula is C22H25NO3. The Morgan fingerprint density at radius 3 is 2.62 bits per heavy atom. The van der Waals surface area contributed by atoms with Crippen molar-refractivity contribution in [2.75, 3.05) is 13.7 Å². The Morgan fingerprint density at radius 1 is 1.15 bits per heavy atom. The van der Waals surface area contributed by atoms with Gasteiger partial charge in [0.15, 0.2) is 17.1 Å². The molecule has 0 bridgehead atoms. The number of furan rings is 1. The molecular weight excluding hydrogens is 326 g/mol. The highest BCUT2D eigenvalue weighted by Gasteiger charge is 2.14. The van der Waals surface area contributed by atoms with Crippen LogP contribution in [0.5, 0.6) is 5.75 Å². The lowest BCUT2D eigenvalue weighted by Gasteiger charge is -2.07. The zero-order valence-corrected chi connectivity index (χ0v) is 15.5. The second-order valence-corrected chi connectivity index (χ2v) is 6.75. The molecule has 0 unspecified atom stereocenters. The van der Waals surface area contributed by atoms with Crippen molar-refractivity contribution in [3.05, 3.63) is 65.4 Å². The van der Waals surface area contributed by atoms with Crippen molar-refractivity contribution in [2.45, 2.75) is 32.6 Å². The Bertz CT molecular complexity index is 878. The average Bonchev–Trinajstić information content (AvgIpc) is 3.10. The Balaban J connectivity index is 1.53. The minimum atomic E-state index is -0.196. The van der Waals surface area contributed by atoms with E-state index in [0.717, 1.165) is 18.2 Å². The molecule has 0 saturated carbocycles. The molecule has 0 aliphatic carbocycles. The number of carbonyl (C=O) groups is 1. The third-order valence-electron chi connectivity index (χ3n) is 4.53. The molecule has 136 valence electrons. The summed E-state index contributed by atoms with van der Waals surface area (Å²) in [5.41, 5.74) is 3.24. The molecule has 0 aliphatic rings. The van der Waals surface area contributed by atoms with Gasteiger partial charge >= 0.3 is 0 Å². The molecule has 1 amide bonds. The van der Waals surface area contributed by atoms with E-state index in [1.165, 1.54) is 11.1 Å². The van der Waals surface area contributed by atoms with Crippen LogP contribution in [0.2, 0.25) is 0 Å². The number of para-hydroxylation sites is 1. The fourth-order valence-corrected chi connectivity index (χ4v) is 2.96. The minimum absolute atomic E-state index is 0.196. The van der Waals surface area contributed by atoms with Crippen LogP contribution in [0.4, 0.5) is 0 Å². The first-order valence-corrected chi connectivity index (χ1v) is 9.02. The van der Waals surface area contributed by atoms with E-state index in [1.807, 2.05) is 18.2 Å². The first-order valence-electron chi connectivity index (χ1n) is 9.02. The Morgan fingerprint density at radius 2 is 1.92 bits per heavy atom. The van der Waals surface area contributed by atoms with Crippen molar-refractivity contribution >= 4 is 16.9 Å². The zero-order chi connectivity index (χ0) is 18.5. The van der Waals surface area contributed by atoms with Crippen molar-refractivity contribution in [3.8, 4) is 5.75 Å². The summed E-state index contributed by atoms with van der Waals surface area (Å²) in [5, 5.41) is 3.78. The van der Waals surface area contributed by atoms with Crippen LogP contribution >= 0.6 is 0 Å². The Labute approximate surface area is 154 Å². The summed E-state index contributed by atoms with van der Waals surface area (Å²) in [6.45, 7) is 5.00. The van der Waals surface area contributed by atoms with Gasteiger partial charge in [-0.2, -0.15) is 0 Å². The molecule has 4 nitrogen and oxygen atoms in total. The van der Waals surface area contributed by atoms with Crippen molar-refractivity contribution < 1.29 is 13.9 Å². The van der Waals surface area contributed by atoms with E-state index >= 15 is 0 Å². The summed E-state index contributed by atoms with van der Waals surface area (Å²) in [4.78, 5) is 12.3. The molecule has 0 saturated heterocycles. The molecule has 1 aromatic heterocycles. The highest BCUT2D eigenvalue weighted by Crippen LogP contribution is 2.28. The van der Waals surface area contributed by atoms with E-state index in [2.05, 4.69) is 43.4 Å². The average molecular weight is 351 g/mol. The largest absolute Gasteiger partial charge is 0.493 e. The predicted molar refractivity (Wildman–Crippen MR) is 104 cm³/mol. The van der Waals surface area contributed by atoms with Crippen LogP contribution < -0.4 is 10.1 Å². The number of rotatable bonds is 7. The van der Waals surface area contributed by atoms with Crippen molar-refractivity contribution in [1.82, 2.24) is 5.32 Å². The molecule has 2 aromatic carbocycles. The lowest BCUT2D eigenvalue weighted by Crippen LogP contribution is -2.24. The summed E-state index contributed by atoms with van der Waals surface area (Å²) in [6, 6.07) is 16.0. The van der Waals surface area contributed by atoms with Gasteiger partial charge in [-0.15, -0.1) is 0 Å². The number of hydrogen-bond acceptors (Lipinski definition) is 3. The third-order valence-corrected chi connectivity index (χ3v) is 4.53. The summed E-state index contributed by atoms with van der Waals surface area (Å²) in [5.74, 6) is 1.29. The first kappa shape index (κ1) is 18.1. The monoisotopic (exact) mass is 351 g/mol. The summed E-state index contributed by atoms with van der Waals surface area (Å²) in [6.07, 6.45) is 1.82.